The fraction of sp³-hybridized carbons (Fsp3) is 0.333. The van der Waals surface area contributed by atoms with Crippen LogP contribution in [0.1, 0.15) is 36.6 Å². The first-order valence-corrected chi connectivity index (χ1v) is 6.36. The lowest BCUT2D eigenvalue weighted by molar-refractivity contribution is -0.136. The van der Waals surface area contributed by atoms with Gasteiger partial charge < -0.3 is 9.67 Å². The van der Waals surface area contributed by atoms with Crippen LogP contribution in [0.5, 0.6) is 0 Å². The van der Waals surface area contributed by atoms with Crippen molar-refractivity contribution in [2.75, 3.05) is 0 Å². The predicted molar refractivity (Wildman–Crippen MR) is 73.2 cm³/mol. The van der Waals surface area contributed by atoms with Crippen molar-refractivity contribution >= 4 is 5.97 Å². The average Bonchev–Trinajstić information content (AvgIpc) is 2.76. The van der Waals surface area contributed by atoms with Crippen LogP contribution in [0.3, 0.4) is 0 Å². The van der Waals surface area contributed by atoms with Gasteiger partial charge in [0, 0.05) is 12.7 Å². The summed E-state index contributed by atoms with van der Waals surface area (Å²) in [5.41, 5.74) is 3.09. The number of carbonyl (C=O) groups is 1. The molecule has 1 heterocycles. The minimum Gasteiger partial charge on any atom is -0.481 e. The molecule has 0 unspecified atom stereocenters. The summed E-state index contributed by atoms with van der Waals surface area (Å²) in [5, 5.41) is 8.70. The molecule has 0 aliphatic heterocycles. The van der Waals surface area contributed by atoms with Gasteiger partial charge in [0.2, 0.25) is 0 Å². The number of aromatic nitrogens is 2. The highest BCUT2D eigenvalue weighted by atomic mass is 16.4. The third-order valence-electron chi connectivity index (χ3n) is 3.03. The first kappa shape index (κ1) is 13.3. The average molecular weight is 258 g/mol. The van der Waals surface area contributed by atoms with Gasteiger partial charge in [0.1, 0.15) is 0 Å². The number of carboxylic acids is 1. The highest BCUT2D eigenvalue weighted by Crippen LogP contribution is 2.15. The maximum atomic E-state index is 10.6. The van der Waals surface area contributed by atoms with E-state index in [0.717, 1.165) is 0 Å². The SMILES string of the molecule is CC(C)c1ccc(Cn2cnc(CC(=O)O)c2)cc1. The summed E-state index contributed by atoms with van der Waals surface area (Å²) in [6.07, 6.45) is 3.43. The third kappa shape index (κ3) is 3.68. The lowest BCUT2D eigenvalue weighted by atomic mass is 10.0. The molecule has 19 heavy (non-hydrogen) atoms. The smallest absolute Gasteiger partial charge is 0.309 e. The van der Waals surface area contributed by atoms with Crippen LogP contribution >= 0.6 is 0 Å². The van der Waals surface area contributed by atoms with Gasteiger partial charge in [0.15, 0.2) is 0 Å². The summed E-state index contributed by atoms with van der Waals surface area (Å²) in [6, 6.07) is 8.47. The van der Waals surface area contributed by atoms with E-state index >= 15 is 0 Å². The summed E-state index contributed by atoms with van der Waals surface area (Å²) in [5.74, 6) is -0.323. The Hall–Kier alpha value is -2.10. The van der Waals surface area contributed by atoms with Gasteiger partial charge in [-0.15, -0.1) is 0 Å². The Bertz CT molecular complexity index is 556. The van der Waals surface area contributed by atoms with Crippen molar-refractivity contribution in [3.63, 3.8) is 0 Å². The maximum Gasteiger partial charge on any atom is 0.309 e. The van der Waals surface area contributed by atoms with Crippen LogP contribution in [0.15, 0.2) is 36.8 Å². The van der Waals surface area contributed by atoms with Crippen LogP contribution in [0.25, 0.3) is 0 Å². The van der Waals surface area contributed by atoms with Crippen LogP contribution in [0.2, 0.25) is 0 Å². The summed E-state index contributed by atoms with van der Waals surface area (Å²) in [4.78, 5) is 14.7. The Kier molecular flexibility index (Phi) is 4.00. The molecule has 0 aliphatic carbocycles. The number of nitrogens with zero attached hydrogens (tertiary/aromatic N) is 2. The highest BCUT2D eigenvalue weighted by Gasteiger charge is 2.05. The minimum absolute atomic E-state index is 0.0285. The van der Waals surface area contributed by atoms with Crippen molar-refractivity contribution < 1.29 is 9.90 Å². The molecule has 0 saturated heterocycles. The van der Waals surface area contributed by atoms with Gasteiger partial charge in [-0.1, -0.05) is 38.1 Å². The molecule has 0 bridgehead atoms. The van der Waals surface area contributed by atoms with E-state index in [1.807, 2.05) is 4.57 Å². The van der Waals surface area contributed by atoms with Crippen molar-refractivity contribution in [2.45, 2.75) is 32.7 Å². The zero-order valence-corrected chi connectivity index (χ0v) is 11.2. The second kappa shape index (κ2) is 5.69. The standard InChI is InChI=1S/C15H18N2O2/c1-11(2)13-5-3-12(4-6-13)8-17-9-14(16-10-17)7-15(18)19/h3-6,9-11H,7-8H2,1-2H3,(H,18,19). The van der Waals surface area contributed by atoms with Crippen LogP contribution in [0.4, 0.5) is 0 Å². The second-order valence-electron chi connectivity index (χ2n) is 5.00. The molecule has 2 rings (SSSR count). The first-order valence-electron chi connectivity index (χ1n) is 6.36. The molecule has 1 aromatic carbocycles. The lowest BCUT2D eigenvalue weighted by Gasteiger charge is -2.07. The molecule has 0 radical (unpaired) electrons. The molecular weight excluding hydrogens is 240 g/mol. The van der Waals surface area contributed by atoms with Crippen LogP contribution in [0, 0.1) is 0 Å². The molecular formula is C15H18N2O2. The van der Waals surface area contributed by atoms with Gasteiger partial charge in [-0.05, 0) is 17.0 Å². The van der Waals surface area contributed by atoms with E-state index in [9.17, 15) is 4.79 Å². The van der Waals surface area contributed by atoms with Crippen molar-refractivity contribution in [3.8, 4) is 0 Å². The third-order valence-corrected chi connectivity index (χ3v) is 3.03. The molecule has 0 fully saturated rings. The van der Waals surface area contributed by atoms with Crippen LogP contribution in [-0.2, 0) is 17.8 Å². The number of hydrogen-bond donors (Lipinski definition) is 1. The summed E-state index contributed by atoms with van der Waals surface area (Å²) in [6.45, 7) is 5.05. The number of benzene rings is 1. The van der Waals surface area contributed by atoms with Crippen molar-refractivity contribution in [3.05, 3.63) is 53.6 Å². The second-order valence-corrected chi connectivity index (χ2v) is 5.00. The van der Waals surface area contributed by atoms with E-state index in [4.69, 9.17) is 5.11 Å². The van der Waals surface area contributed by atoms with E-state index < -0.39 is 5.97 Å². The number of carboxylic acid groups (broad SMARTS) is 1. The summed E-state index contributed by atoms with van der Waals surface area (Å²) >= 11 is 0. The van der Waals surface area contributed by atoms with Gasteiger partial charge in [0.05, 0.1) is 18.4 Å². The molecule has 0 saturated carbocycles. The summed E-state index contributed by atoms with van der Waals surface area (Å²) in [7, 11) is 0. The molecule has 4 nitrogen and oxygen atoms in total. The maximum absolute atomic E-state index is 10.6. The molecule has 0 atom stereocenters. The van der Waals surface area contributed by atoms with Gasteiger partial charge >= 0.3 is 5.97 Å². The Morgan fingerprint density at radius 1 is 1.32 bits per heavy atom. The van der Waals surface area contributed by atoms with Gasteiger partial charge in [-0.2, -0.15) is 0 Å². The zero-order chi connectivity index (χ0) is 13.8. The number of imidazole rings is 1. The fourth-order valence-electron chi connectivity index (χ4n) is 1.96. The van der Waals surface area contributed by atoms with E-state index in [0.29, 0.717) is 18.2 Å². The fourth-order valence-corrected chi connectivity index (χ4v) is 1.96. The van der Waals surface area contributed by atoms with E-state index in [1.165, 1.54) is 11.1 Å². The molecule has 0 spiro atoms. The molecule has 2 aromatic rings. The largest absolute Gasteiger partial charge is 0.481 e. The summed E-state index contributed by atoms with van der Waals surface area (Å²) < 4.78 is 1.91. The normalized spacial score (nSPS) is 10.9. The highest BCUT2D eigenvalue weighted by molar-refractivity contribution is 5.69. The van der Waals surface area contributed by atoms with Crippen molar-refractivity contribution in [1.82, 2.24) is 9.55 Å². The molecule has 0 aliphatic rings. The zero-order valence-electron chi connectivity index (χ0n) is 11.2. The number of rotatable bonds is 5. The Labute approximate surface area is 112 Å². The molecule has 0 amide bonds. The molecule has 1 N–H and O–H groups in total. The Balaban J connectivity index is 2.04. The lowest BCUT2D eigenvalue weighted by Crippen LogP contribution is -2.00. The predicted octanol–water partition coefficient (Wildman–Crippen LogP) is 2.68. The van der Waals surface area contributed by atoms with Crippen molar-refractivity contribution in [1.29, 1.82) is 0 Å². The van der Waals surface area contributed by atoms with E-state index in [2.05, 4.69) is 43.1 Å². The van der Waals surface area contributed by atoms with E-state index in [-0.39, 0.29) is 6.42 Å². The van der Waals surface area contributed by atoms with Crippen molar-refractivity contribution in [2.24, 2.45) is 0 Å². The van der Waals surface area contributed by atoms with Gasteiger partial charge in [-0.3, -0.25) is 4.79 Å². The van der Waals surface area contributed by atoms with Gasteiger partial charge in [0.25, 0.3) is 0 Å². The first-order chi connectivity index (χ1) is 9.04. The Morgan fingerprint density at radius 3 is 2.58 bits per heavy atom. The van der Waals surface area contributed by atoms with Gasteiger partial charge in [-0.25, -0.2) is 4.98 Å². The molecule has 100 valence electrons. The van der Waals surface area contributed by atoms with Crippen LogP contribution in [-0.4, -0.2) is 20.6 Å². The topological polar surface area (TPSA) is 55.1 Å². The number of aliphatic carboxylic acids is 1. The van der Waals surface area contributed by atoms with Crippen LogP contribution < -0.4 is 0 Å². The minimum atomic E-state index is -0.855. The quantitative estimate of drug-likeness (QED) is 0.897. The Morgan fingerprint density at radius 2 is 2.00 bits per heavy atom. The van der Waals surface area contributed by atoms with E-state index in [1.54, 1.807) is 12.5 Å². The molecule has 4 heteroatoms. The molecule has 1 aromatic heterocycles. The number of hydrogen-bond acceptors (Lipinski definition) is 2. The monoisotopic (exact) mass is 258 g/mol.